The number of anilines is 2. The molecular formula is C15H21N5. The number of nitrogens with zero attached hydrogens (tertiary/aromatic N) is 4. The highest BCUT2D eigenvalue weighted by molar-refractivity contribution is 5.44. The molecule has 0 amide bonds. The van der Waals surface area contributed by atoms with E-state index in [-0.39, 0.29) is 0 Å². The summed E-state index contributed by atoms with van der Waals surface area (Å²) in [5.74, 6) is 1.59. The molecule has 0 unspecified atom stereocenters. The van der Waals surface area contributed by atoms with Gasteiger partial charge in [0.1, 0.15) is 5.82 Å². The lowest BCUT2D eigenvalue weighted by Gasteiger charge is -2.19. The topological polar surface area (TPSA) is 53.9 Å². The molecule has 2 aromatic rings. The molecule has 1 N–H and O–H groups in total. The Morgan fingerprint density at radius 1 is 1.25 bits per heavy atom. The van der Waals surface area contributed by atoms with Crippen molar-refractivity contribution in [2.75, 3.05) is 23.8 Å². The van der Waals surface area contributed by atoms with Gasteiger partial charge in [-0.15, -0.1) is 0 Å². The Hall–Kier alpha value is -2.17. The number of hydrogen-bond acceptors (Lipinski definition) is 5. The number of hydrogen-bond donors (Lipinski definition) is 1. The average molecular weight is 271 g/mol. The van der Waals surface area contributed by atoms with Gasteiger partial charge in [-0.2, -0.15) is 4.98 Å². The minimum atomic E-state index is 0.690. The van der Waals surface area contributed by atoms with Crippen LogP contribution in [-0.4, -0.2) is 28.5 Å². The molecule has 5 nitrogen and oxygen atoms in total. The van der Waals surface area contributed by atoms with Crippen LogP contribution in [0.1, 0.15) is 24.7 Å². The molecule has 0 aromatic carbocycles. The van der Waals surface area contributed by atoms with Gasteiger partial charge in [0.15, 0.2) is 0 Å². The van der Waals surface area contributed by atoms with Gasteiger partial charge in [-0.1, -0.05) is 13.0 Å². The van der Waals surface area contributed by atoms with Crippen molar-refractivity contribution in [1.82, 2.24) is 15.0 Å². The van der Waals surface area contributed by atoms with Crippen molar-refractivity contribution in [3.8, 4) is 0 Å². The van der Waals surface area contributed by atoms with Crippen LogP contribution < -0.4 is 10.2 Å². The maximum atomic E-state index is 4.54. The van der Waals surface area contributed by atoms with Gasteiger partial charge in [0, 0.05) is 31.5 Å². The quantitative estimate of drug-likeness (QED) is 0.875. The average Bonchev–Trinajstić information content (AvgIpc) is 2.45. The van der Waals surface area contributed by atoms with E-state index in [1.165, 1.54) is 0 Å². The first-order valence-electron chi connectivity index (χ1n) is 6.89. The van der Waals surface area contributed by atoms with Crippen LogP contribution in [0.5, 0.6) is 0 Å². The van der Waals surface area contributed by atoms with E-state index in [4.69, 9.17) is 0 Å². The molecule has 106 valence electrons. The summed E-state index contributed by atoms with van der Waals surface area (Å²) in [7, 11) is 2.01. The van der Waals surface area contributed by atoms with Gasteiger partial charge in [0.05, 0.1) is 12.2 Å². The number of aromatic nitrogens is 3. The van der Waals surface area contributed by atoms with Gasteiger partial charge in [0.25, 0.3) is 0 Å². The van der Waals surface area contributed by atoms with Crippen LogP contribution in [0.25, 0.3) is 0 Å². The Bertz CT molecular complexity index is 541. The lowest BCUT2D eigenvalue weighted by atomic mass is 10.3. The van der Waals surface area contributed by atoms with Gasteiger partial charge in [-0.3, -0.25) is 4.98 Å². The molecule has 0 saturated heterocycles. The number of pyridine rings is 1. The van der Waals surface area contributed by atoms with E-state index in [9.17, 15) is 0 Å². The highest BCUT2D eigenvalue weighted by Gasteiger charge is 2.07. The van der Waals surface area contributed by atoms with Crippen LogP contribution in [0.4, 0.5) is 11.8 Å². The standard InChI is InChI=1S/C15H21N5/c1-4-8-17-15-18-12(2)10-14(19-15)20(3)11-13-7-5-6-9-16-13/h5-7,9-10H,4,8,11H2,1-3H3,(H,17,18,19). The van der Waals surface area contributed by atoms with E-state index in [2.05, 4.69) is 32.1 Å². The molecule has 0 radical (unpaired) electrons. The Labute approximate surface area is 120 Å². The maximum Gasteiger partial charge on any atom is 0.224 e. The second-order valence-corrected chi connectivity index (χ2v) is 4.80. The molecule has 0 atom stereocenters. The van der Waals surface area contributed by atoms with Crippen molar-refractivity contribution in [3.05, 3.63) is 41.9 Å². The summed E-state index contributed by atoms with van der Waals surface area (Å²) in [4.78, 5) is 15.4. The molecule has 0 fully saturated rings. The molecule has 2 aromatic heterocycles. The van der Waals surface area contributed by atoms with Gasteiger partial charge in [0.2, 0.25) is 5.95 Å². The zero-order chi connectivity index (χ0) is 14.4. The number of aryl methyl sites for hydroxylation is 1. The molecule has 5 heteroatoms. The predicted octanol–water partition coefficient (Wildman–Crippen LogP) is 2.64. The largest absolute Gasteiger partial charge is 0.354 e. The zero-order valence-electron chi connectivity index (χ0n) is 12.3. The minimum Gasteiger partial charge on any atom is -0.354 e. The SMILES string of the molecule is CCCNc1nc(C)cc(N(C)Cc2ccccn2)n1. The highest BCUT2D eigenvalue weighted by Crippen LogP contribution is 2.15. The van der Waals surface area contributed by atoms with Crippen LogP contribution in [0.3, 0.4) is 0 Å². The van der Waals surface area contributed by atoms with E-state index in [1.54, 1.807) is 0 Å². The van der Waals surface area contributed by atoms with E-state index in [1.807, 2.05) is 44.4 Å². The molecule has 0 aliphatic carbocycles. The summed E-state index contributed by atoms with van der Waals surface area (Å²) in [6.45, 7) is 5.71. The Morgan fingerprint density at radius 2 is 2.10 bits per heavy atom. The molecule has 2 heterocycles. The van der Waals surface area contributed by atoms with E-state index in [0.29, 0.717) is 5.95 Å². The fourth-order valence-corrected chi connectivity index (χ4v) is 1.88. The van der Waals surface area contributed by atoms with Crippen LogP contribution in [0, 0.1) is 6.92 Å². The first-order valence-corrected chi connectivity index (χ1v) is 6.89. The third kappa shape index (κ3) is 3.91. The van der Waals surface area contributed by atoms with Crippen molar-refractivity contribution in [1.29, 1.82) is 0 Å². The molecule has 20 heavy (non-hydrogen) atoms. The molecule has 0 aliphatic heterocycles. The van der Waals surface area contributed by atoms with Crippen LogP contribution >= 0.6 is 0 Å². The van der Waals surface area contributed by atoms with Crippen molar-refractivity contribution < 1.29 is 0 Å². The Morgan fingerprint density at radius 3 is 2.80 bits per heavy atom. The smallest absolute Gasteiger partial charge is 0.224 e. The third-order valence-electron chi connectivity index (χ3n) is 2.89. The maximum absolute atomic E-state index is 4.54. The first kappa shape index (κ1) is 14.2. The lowest BCUT2D eigenvalue weighted by Crippen LogP contribution is -2.19. The van der Waals surface area contributed by atoms with Gasteiger partial charge in [-0.25, -0.2) is 4.98 Å². The fourth-order valence-electron chi connectivity index (χ4n) is 1.88. The van der Waals surface area contributed by atoms with E-state index in [0.717, 1.165) is 36.7 Å². The highest BCUT2D eigenvalue weighted by atomic mass is 15.2. The predicted molar refractivity (Wildman–Crippen MR) is 81.9 cm³/mol. The second kappa shape index (κ2) is 6.84. The zero-order valence-corrected chi connectivity index (χ0v) is 12.3. The van der Waals surface area contributed by atoms with Crippen molar-refractivity contribution in [2.45, 2.75) is 26.8 Å². The second-order valence-electron chi connectivity index (χ2n) is 4.80. The van der Waals surface area contributed by atoms with E-state index < -0.39 is 0 Å². The molecule has 2 rings (SSSR count). The molecule has 0 saturated carbocycles. The summed E-state index contributed by atoms with van der Waals surface area (Å²) >= 11 is 0. The van der Waals surface area contributed by atoms with Gasteiger partial charge >= 0.3 is 0 Å². The van der Waals surface area contributed by atoms with E-state index >= 15 is 0 Å². The van der Waals surface area contributed by atoms with Crippen LogP contribution in [0.2, 0.25) is 0 Å². The number of nitrogens with one attached hydrogen (secondary N) is 1. The summed E-state index contributed by atoms with van der Waals surface area (Å²) in [6.07, 6.45) is 2.86. The van der Waals surface area contributed by atoms with Crippen molar-refractivity contribution in [2.24, 2.45) is 0 Å². The molecule has 0 bridgehead atoms. The first-order chi connectivity index (χ1) is 9.69. The number of rotatable bonds is 6. The van der Waals surface area contributed by atoms with Gasteiger partial charge in [-0.05, 0) is 25.5 Å². The van der Waals surface area contributed by atoms with Crippen LogP contribution in [-0.2, 0) is 6.54 Å². The fraction of sp³-hybridized carbons (Fsp3) is 0.400. The van der Waals surface area contributed by atoms with Crippen LogP contribution in [0.15, 0.2) is 30.5 Å². The Balaban J connectivity index is 2.12. The molecular weight excluding hydrogens is 250 g/mol. The summed E-state index contributed by atoms with van der Waals surface area (Å²) in [5.41, 5.74) is 1.98. The lowest BCUT2D eigenvalue weighted by molar-refractivity contribution is 0.854. The monoisotopic (exact) mass is 271 g/mol. The van der Waals surface area contributed by atoms with Crippen molar-refractivity contribution in [3.63, 3.8) is 0 Å². The normalized spacial score (nSPS) is 10.3. The third-order valence-corrected chi connectivity index (χ3v) is 2.89. The van der Waals surface area contributed by atoms with Crippen molar-refractivity contribution >= 4 is 11.8 Å². The van der Waals surface area contributed by atoms with Gasteiger partial charge < -0.3 is 10.2 Å². The summed E-state index contributed by atoms with van der Waals surface area (Å²) in [6, 6.07) is 7.92. The summed E-state index contributed by atoms with van der Waals surface area (Å²) < 4.78 is 0. The molecule has 0 aliphatic rings. The summed E-state index contributed by atoms with van der Waals surface area (Å²) in [5, 5.41) is 3.23. The Kier molecular flexibility index (Phi) is 4.87. The molecule has 0 spiro atoms. The minimum absolute atomic E-state index is 0.690.